The lowest BCUT2D eigenvalue weighted by Gasteiger charge is -2.11. The molecule has 1 aromatic carbocycles. The summed E-state index contributed by atoms with van der Waals surface area (Å²) in [6, 6.07) is 11.9. The van der Waals surface area contributed by atoms with Crippen LogP contribution in [0.2, 0.25) is 0 Å². The number of hydrogen-bond donors (Lipinski definition) is 3. The minimum atomic E-state index is -0.424. The van der Waals surface area contributed by atoms with Crippen molar-refractivity contribution >= 4 is 17.5 Å². The first kappa shape index (κ1) is 19.2. The van der Waals surface area contributed by atoms with Gasteiger partial charge in [0, 0.05) is 55.9 Å². The van der Waals surface area contributed by atoms with E-state index in [1.807, 2.05) is 18.2 Å². The Morgan fingerprint density at radius 3 is 2.61 bits per heavy atom. The molecule has 28 heavy (non-hydrogen) atoms. The second kappa shape index (κ2) is 9.38. The summed E-state index contributed by atoms with van der Waals surface area (Å²) >= 11 is 0. The van der Waals surface area contributed by atoms with Crippen LogP contribution < -0.4 is 10.6 Å². The van der Waals surface area contributed by atoms with E-state index in [1.165, 1.54) is 12.1 Å². The molecule has 0 unspecified atom stereocenters. The second-order valence-electron chi connectivity index (χ2n) is 5.98. The van der Waals surface area contributed by atoms with Crippen molar-refractivity contribution in [1.29, 1.82) is 0 Å². The average molecular weight is 380 g/mol. The van der Waals surface area contributed by atoms with Gasteiger partial charge in [-0.05, 0) is 24.1 Å². The topological polar surface area (TPSA) is 126 Å². The number of anilines is 2. The van der Waals surface area contributed by atoms with Gasteiger partial charge in [-0.1, -0.05) is 12.1 Å². The van der Waals surface area contributed by atoms with Gasteiger partial charge < -0.3 is 15.7 Å². The molecule has 0 bridgehead atoms. The Labute approximate surface area is 161 Å². The summed E-state index contributed by atoms with van der Waals surface area (Å²) in [7, 11) is 0. The van der Waals surface area contributed by atoms with Crippen LogP contribution in [0.15, 0.2) is 54.9 Å². The van der Waals surface area contributed by atoms with Crippen molar-refractivity contribution in [1.82, 2.24) is 15.0 Å². The van der Waals surface area contributed by atoms with Crippen molar-refractivity contribution < 1.29 is 10.0 Å². The summed E-state index contributed by atoms with van der Waals surface area (Å²) in [6.07, 6.45) is 4.00. The van der Waals surface area contributed by atoms with Crippen LogP contribution >= 0.6 is 0 Å². The molecule has 0 radical (unpaired) electrons. The lowest BCUT2D eigenvalue weighted by atomic mass is 10.2. The van der Waals surface area contributed by atoms with Gasteiger partial charge in [0.05, 0.1) is 10.6 Å². The molecule has 0 amide bonds. The number of hydrogen-bond acceptors (Lipinski definition) is 8. The number of non-ortho nitro benzene ring substituents is 1. The zero-order valence-electron chi connectivity index (χ0n) is 15.1. The third-order valence-corrected chi connectivity index (χ3v) is 3.92. The largest absolute Gasteiger partial charge is 0.396 e. The maximum atomic E-state index is 10.8. The van der Waals surface area contributed by atoms with E-state index in [-0.39, 0.29) is 12.3 Å². The van der Waals surface area contributed by atoms with E-state index in [1.54, 1.807) is 24.5 Å². The van der Waals surface area contributed by atoms with Crippen molar-refractivity contribution in [2.45, 2.75) is 13.0 Å². The number of benzene rings is 1. The summed E-state index contributed by atoms with van der Waals surface area (Å²) in [4.78, 5) is 23.4. The first-order valence-electron chi connectivity index (χ1n) is 8.77. The minimum absolute atomic E-state index is 0.0556. The van der Waals surface area contributed by atoms with Gasteiger partial charge in [-0.3, -0.25) is 15.1 Å². The Balaban J connectivity index is 1.78. The average Bonchev–Trinajstić information content (AvgIpc) is 2.73. The maximum absolute atomic E-state index is 10.8. The molecule has 0 fully saturated rings. The van der Waals surface area contributed by atoms with Gasteiger partial charge in [0.25, 0.3) is 5.69 Å². The molecule has 0 spiro atoms. The number of nitro benzene ring substituents is 1. The number of aromatic nitrogens is 3. The minimum Gasteiger partial charge on any atom is -0.396 e. The molecule has 144 valence electrons. The van der Waals surface area contributed by atoms with Crippen LogP contribution in [0, 0.1) is 10.1 Å². The van der Waals surface area contributed by atoms with E-state index in [9.17, 15) is 10.1 Å². The Morgan fingerprint density at radius 1 is 1.11 bits per heavy atom. The van der Waals surface area contributed by atoms with Gasteiger partial charge in [-0.2, -0.15) is 4.98 Å². The molecule has 2 aromatic heterocycles. The van der Waals surface area contributed by atoms with Gasteiger partial charge in [0.2, 0.25) is 5.95 Å². The van der Waals surface area contributed by atoms with Crippen LogP contribution in [0.5, 0.6) is 0 Å². The third kappa shape index (κ3) is 5.21. The van der Waals surface area contributed by atoms with Crippen molar-refractivity contribution in [2.24, 2.45) is 0 Å². The number of nitro groups is 1. The molecule has 3 N–H and O–H groups in total. The van der Waals surface area contributed by atoms with Crippen molar-refractivity contribution in [3.63, 3.8) is 0 Å². The van der Waals surface area contributed by atoms with Crippen LogP contribution in [-0.4, -0.2) is 38.1 Å². The first-order valence-corrected chi connectivity index (χ1v) is 8.77. The number of nitrogens with zero attached hydrogens (tertiary/aromatic N) is 4. The molecule has 0 atom stereocenters. The smallest absolute Gasteiger partial charge is 0.269 e. The SMILES string of the molecule is O=[N+]([O-])c1ccc(CNc2cc(-c3cccnc3)nc(NCCCO)n2)cc1. The van der Waals surface area contributed by atoms with Crippen LogP contribution in [-0.2, 0) is 6.54 Å². The van der Waals surface area contributed by atoms with Crippen molar-refractivity contribution in [2.75, 3.05) is 23.8 Å². The number of aliphatic hydroxyl groups excluding tert-OH is 1. The van der Waals surface area contributed by atoms with Crippen LogP contribution in [0.4, 0.5) is 17.5 Å². The van der Waals surface area contributed by atoms with Crippen LogP contribution in [0.3, 0.4) is 0 Å². The fourth-order valence-corrected chi connectivity index (χ4v) is 2.49. The van der Waals surface area contributed by atoms with Gasteiger partial charge in [0.15, 0.2) is 0 Å². The summed E-state index contributed by atoms with van der Waals surface area (Å²) in [5.74, 6) is 1.06. The molecule has 9 heteroatoms. The monoisotopic (exact) mass is 380 g/mol. The van der Waals surface area contributed by atoms with Crippen LogP contribution in [0.1, 0.15) is 12.0 Å². The lowest BCUT2D eigenvalue weighted by molar-refractivity contribution is -0.384. The van der Waals surface area contributed by atoms with E-state index in [4.69, 9.17) is 5.11 Å². The van der Waals surface area contributed by atoms with E-state index < -0.39 is 4.92 Å². The normalized spacial score (nSPS) is 10.5. The first-order chi connectivity index (χ1) is 13.7. The van der Waals surface area contributed by atoms with Crippen molar-refractivity contribution in [3.8, 4) is 11.3 Å². The van der Waals surface area contributed by atoms with Gasteiger partial charge in [0.1, 0.15) is 5.82 Å². The Bertz CT molecular complexity index is 919. The third-order valence-electron chi connectivity index (χ3n) is 3.92. The fourth-order valence-electron chi connectivity index (χ4n) is 2.49. The van der Waals surface area contributed by atoms with Crippen LogP contribution in [0.25, 0.3) is 11.3 Å². The van der Waals surface area contributed by atoms with E-state index in [0.717, 1.165) is 11.1 Å². The van der Waals surface area contributed by atoms with Gasteiger partial charge in [-0.25, -0.2) is 4.98 Å². The molecular formula is C19H20N6O3. The predicted octanol–water partition coefficient (Wildman–Crippen LogP) is 2.85. The van der Waals surface area contributed by atoms with E-state index in [0.29, 0.717) is 37.0 Å². The molecule has 0 aliphatic carbocycles. The molecule has 2 heterocycles. The molecule has 0 aliphatic rings. The number of rotatable bonds is 9. The fraction of sp³-hybridized carbons (Fsp3) is 0.211. The number of aliphatic hydroxyl groups is 1. The highest BCUT2D eigenvalue weighted by Gasteiger charge is 2.08. The van der Waals surface area contributed by atoms with Gasteiger partial charge in [-0.15, -0.1) is 0 Å². The molecule has 3 rings (SSSR count). The summed E-state index contributed by atoms with van der Waals surface area (Å²) in [6.45, 7) is 1.09. The Morgan fingerprint density at radius 2 is 1.93 bits per heavy atom. The van der Waals surface area contributed by atoms with Crippen molar-refractivity contribution in [3.05, 3.63) is 70.5 Å². The molecule has 0 saturated heterocycles. The lowest BCUT2D eigenvalue weighted by Crippen LogP contribution is -2.10. The highest BCUT2D eigenvalue weighted by Crippen LogP contribution is 2.21. The number of nitrogens with one attached hydrogen (secondary N) is 2. The maximum Gasteiger partial charge on any atom is 0.269 e. The highest BCUT2D eigenvalue weighted by atomic mass is 16.6. The Hall–Kier alpha value is -3.59. The standard InChI is InChI=1S/C19H20N6O3/c26-10-2-9-21-19-23-17(15-3-1-8-20-13-15)11-18(24-19)22-12-14-4-6-16(7-5-14)25(27)28/h1,3-8,11,13,26H,2,9-10,12H2,(H2,21,22,23,24). The molecular weight excluding hydrogens is 360 g/mol. The number of pyridine rings is 1. The molecule has 0 saturated carbocycles. The van der Waals surface area contributed by atoms with E-state index >= 15 is 0 Å². The predicted molar refractivity (Wildman–Crippen MR) is 106 cm³/mol. The quantitative estimate of drug-likeness (QED) is 0.294. The molecule has 3 aromatic rings. The summed E-state index contributed by atoms with van der Waals surface area (Å²) in [5, 5.41) is 26.0. The Kier molecular flexibility index (Phi) is 6.42. The zero-order valence-corrected chi connectivity index (χ0v) is 15.1. The van der Waals surface area contributed by atoms with E-state index in [2.05, 4.69) is 25.6 Å². The van der Waals surface area contributed by atoms with Gasteiger partial charge >= 0.3 is 0 Å². The summed E-state index contributed by atoms with van der Waals surface area (Å²) in [5.41, 5.74) is 2.51. The highest BCUT2D eigenvalue weighted by molar-refractivity contribution is 5.63. The summed E-state index contributed by atoms with van der Waals surface area (Å²) < 4.78 is 0. The molecule has 9 nitrogen and oxygen atoms in total. The molecule has 0 aliphatic heterocycles. The second-order valence-corrected chi connectivity index (χ2v) is 5.98. The zero-order chi connectivity index (χ0) is 19.8.